The Morgan fingerprint density at radius 2 is 1.18 bits per heavy atom. The molecule has 2 aliphatic carbocycles. The Morgan fingerprint density at radius 1 is 0.711 bits per heavy atom. The van der Waals surface area contributed by atoms with Crippen molar-refractivity contribution in [2.45, 2.75) is 30.6 Å². The van der Waals surface area contributed by atoms with Gasteiger partial charge in [0, 0.05) is 58.0 Å². The van der Waals surface area contributed by atoms with Crippen LogP contribution in [0.2, 0.25) is 0 Å². The van der Waals surface area contributed by atoms with E-state index in [4.69, 9.17) is 20.0 Å². The molecule has 12 heteroatoms. The summed E-state index contributed by atoms with van der Waals surface area (Å²) >= 11 is 3.36. The number of ketones is 2. The molecule has 0 amide bonds. The molecule has 0 aliphatic heterocycles. The van der Waals surface area contributed by atoms with Crippen molar-refractivity contribution in [2.24, 2.45) is 0 Å². The van der Waals surface area contributed by atoms with E-state index in [2.05, 4.69) is 15.9 Å². The second-order valence-electron chi connectivity index (χ2n) is 10.2. The summed E-state index contributed by atoms with van der Waals surface area (Å²) in [5, 5.41) is 17.7. The monoisotopic (exact) mass is 690 g/mol. The van der Waals surface area contributed by atoms with E-state index in [1.807, 2.05) is 12.1 Å². The van der Waals surface area contributed by atoms with E-state index in [1.165, 1.54) is 30.3 Å². The number of Topliss-reactive ketones (excluding diaryl/α,β-unsaturated/α-hetero) is 2. The number of nitriles is 2. The number of carbonyl (C=O) groups excluding carboxylic acids is 2. The average molecular weight is 692 g/mol. The molecule has 0 heterocycles. The summed E-state index contributed by atoms with van der Waals surface area (Å²) in [5.41, 5.74) is 2.37. The van der Waals surface area contributed by atoms with Gasteiger partial charge in [0.15, 0.2) is 21.4 Å². The van der Waals surface area contributed by atoms with Crippen LogP contribution < -0.4 is 9.47 Å². The molecule has 226 valence electrons. The maximum Gasteiger partial charge on any atom is 0.176 e. The molecule has 0 fully saturated rings. The van der Waals surface area contributed by atoms with Crippen LogP contribution in [0.3, 0.4) is 0 Å². The topological polar surface area (TPSA) is 134 Å². The van der Waals surface area contributed by atoms with Crippen molar-refractivity contribution in [2.75, 3.05) is 6.26 Å². The maximum absolute atomic E-state index is 13.5. The Balaban J connectivity index is 0.000000179. The largest absolute Gasteiger partial charge is 0.457 e. The molecule has 8 nitrogen and oxygen atoms in total. The van der Waals surface area contributed by atoms with Crippen molar-refractivity contribution in [1.82, 2.24) is 0 Å². The van der Waals surface area contributed by atoms with Gasteiger partial charge in [0.25, 0.3) is 0 Å². The highest BCUT2D eigenvalue weighted by atomic mass is 79.9. The van der Waals surface area contributed by atoms with Crippen LogP contribution in [-0.2, 0) is 22.7 Å². The molecule has 0 bridgehead atoms. The standard InChI is InChI=1S/C17H12FNO4S.C16H9BrFNO2/c1-24(21,22)16-5-4-15(13-2-3-14(20)17(13)16)23-12-7-10(9-19)6-11(18)8-12;17-13-2-4-15(12-1-3-14(20)16(12)13)21-11-6-9(8-19)5-10(18)7-11/h4-8H,2-3H2,1H3;2,4-7H,1,3H2. The van der Waals surface area contributed by atoms with E-state index in [0.29, 0.717) is 36.1 Å². The first kappa shape index (κ1) is 31.5. The lowest BCUT2D eigenvalue weighted by Gasteiger charge is -2.13. The summed E-state index contributed by atoms with van der Waals surface area (Å²) < 4.78 is 62.7. The van der Waals surface area contributed by atoms with Crippen molar-refractivity contribution in [3.8, 4) is 35.1 Å². The first-order valence-corrected chi connectivity index (χ1v) is 16.1. The van der Waals surface area contributed by atoms with E-state index in [1.54, 1.807) is 12.1 Å². The lowest BCUT2D eigenvalue weighted by atomic mass is 10.1. The Hall–Kier alpha value is -4.91. The van der Waals surface area contributed by atoms with Crippen LogP contribution in [-0.4, -0.2) is 26.2 Å². The smallest absolute Gasteiger partial charge is 0.176 e. The van der Waals surface area contributed by atoms with Crippen LogP contribution in [0.15, 0.2) is 70.0 Å². The quantitative estimate of drug-likeness (QED) is 0.211. The van der Waals surface area contributed by atoms with E-state index in [9.17, 15) is 26.8 Å². The van der Waals surface area contributed by atoms with E-state index >= 15 is 0 Å². The zero-order valence-electron chi connectivity index (χ0n) is 23.5. The second kappa shape index (κ2) is 12.6. The highest BCUT2D eigenvalue weighted by Crippen LogP contribution is 2.39. The summed E-state index contributed by atoms with van der Waals surface area (Å²) in [4.78, 5) is 23.9. The molecule has 0 saturated carbocycles. The van der Waals surface area contributed by atoms with Gasteiger partial charge in [-0.05, 0) is 61.4 Å². The zero-order valence-corrected chi connectivity index (χ0v) is 25.9. The van der Waals surface area contributed by atoms with Gasteiger partial charge in [0.2, 0.25) is 0 Å². The summed E-state index contributed by atoms with van der Waals surface area (Å²) in [5.74, 6) is -0.174. The Labute approximate surface area is 265 Å². The third-order valence-corrected chi connectivity index (χ3v) is 8.87. The average Bonchev–Trinajstić information content (AvgIpc) is 3.57. The Bertz CT molecular complexity index is 2100. The van der Waals surface area contributed by atoms with Crippen LogP contribution in [0.4, 0.5) is 8.78 Å². The third-order valence-electron chi connectivity index (χ3n) is 7.07. The van der Waals surface area contributed by atoms with Gasteiger partial charge in [-0.3, -0.25) is 9.59 Å². The van der Waals surface area contributed by atoms with E-state index in [-0.39, 0.29) is 56.8 Å². The summed E-state index contributed by atoms with van der Waals surface area (Å²) in [6, 6.07) is 17.3. The fraction of sp³-hybridized carbons (Fsp3) is 0.152. The Kier molecular flexibility index (Phi) is 8.82. The number of nitrogens with zero attached hydrogens (tertiary/aromatic N) is 2. The van der Waals surface area contributed by atoms with Gasteiger partial charge in [-0.2, -0.15) is 10.5 Å². The molecular weight excluding hydrogens is 670 g/mol. The predicted octanol–water partition coefficient (Wildman–Crippen LogP) is 7.40. The molecule has 0 spiro atoms. The molecule has 45 heavy (non-hydrogen) atoms. The second-order valence-corrected chi connectivity index (χ2v) is 13.1. The fourth-order valence-corrected chi connectivity index (χ4v) is 6.68. The molecule has 0 saturated heterocycles. The third kappa shape index (κ3) is 6.78. The van der Waals surface area contributed by atoms with Gasteiger partial charge >= 0.3 is 0 Å². The molecule has 0 radical (unpaired) electrons. The van der Waals surface area contributed by atoms with Crippen LogP contribution in [0.25, 0.3) is 0 Å². The first-order valence-electron chi connectivity index (χ1n) is 13.4. The van der Waals surface area contributed by atoms with Crippen molar-refractivity contribution in [3.05, 3.63) is 110 Å². The first-order chi connectivity index (χ1) is 21.4. The van der Waals surface area contributed by atoms with Gasteiger partial charge in [-0.15, -0.1) is 0 Å². The molecule has 4 aromatic rings. The van der Waals surface area contributed by atoms with Gasteiger partial charge in [-0.1, -0.05) is 15.9 Å². The number of hydrogen-bond donors (Lipinski definition) is 0. The molecule has 6 rings (SSSR count). The highest BCUT2D eigenvalue weighted by molar-refractivity contribution is 9.10. The summed E-state index contributed by atoms with van der Waals surface area (Å²) in [7, 11) is -3.55. The van der Waals surface area contributed by atoms with Crippen molar-refractivity contribution < 1.29 is 36.3 Å². The molecule has 0 N–H and O–H groups in total. The summed E-state index contributed by atoms with van der Waals surface area (Å²) in [6.07, 6.45) is 2.64. The number of ether oxygens (including phenoxy) is 2. The van der Waals surface area contributed by atoms with Gasteiger partial charge in [-0.25, -0.2) is 17.2 Å². The molecule has 2 aliphatic rings. The summed E-state index contributed by atoms with van der Waals surface area (Å²) in [6.45, 7) is 0. The molecule has 4 aromatic carbocycles. The number of fused-ring (bicyclic) bond motifs is 2. The van der Waals surface area contributed by atoms with Crippen LogP contribution in [0, 0.1) is 34.3 Å². The molecular formula is C33H21BrF2N2O6S. The lowest BCUT2D eigenvalue weighted by molar-refractivity contribution is 0.0985. The maximum atomic E-state index is 13.5. The highest BCUT2D eigenvalue weighted by Gasteiger charge is 2.30. The number of hydrogen-bond acceptors (Lipinski definition) is 8. The number of halogens is 3. The zero-order chi connectivity index (χ0) is 32.5. The van der Waals surface area contributed by atoms with E-state index < -0.39 is 21.5 Å². The minimum Gasteiger partial charge on any atom is -0.457 e. The van der Waals surface area contributed by atoms with Gasteiger partial charge in [0.05, 0.1) is 28.2 Å². The van der Waals surface area contributed by atoms with Crippen LogP contribution >= 0.6 is 15.9 Å². The fourth-order valence-electron chi connectivity index (χ4n) is 5.16. The number of sulfone groups is 1. The van der Waals surface area contributed by atoms with Gasteiger partial charge < -0.3 is 9.47 Å². The molecule has 0 atom stereocenters. The normalized spacial score (nSPS) is 13.2. The SMILES string of the molecule is CS(=O)(=O)c1ccc(Oc2cc(F)cc(C#N)c2)c2c1C(=O)CC2.N#Cc1cc(F)cc(Oc2ccc(Br)c3c2CCC3=O)c1. The Morgan fingerprint density at radius 3 is 1.67 bits per heavy atom. The van der Waals surface area contributed by atoms with Crippen LogP contribution in [0.1, 0.15) is 55.8 Å². The predicted molar refractivity (Wildman–Crippen MR) is 161 cm³/mol. The minimum absolute atomic E-state index is 0.0238. The molecule has 0 aromatic heterocycles. The molecule has 0 unspecified atom stereocenters. The van der Waals surface area contributed by atoms with Gasteiger partial charge in [0.1, 0.15) is 34.6 Å². The van der Waals surface area contributed by atoms with Crippen molar-refractivity contribution in [1.29, 1.82) is 10.5 Å². The minimum atomic E-state index is -3.55. The number of rotatable bonds is 5. The van der Waals surface area contributed by atoms with Crippen molar-refractivity contribution in [3.63, 3.8) is 0 Å². The number of benzene rings is 4. The van der Waals surface area contributed by atoms with Crippen molar-refractivity contribution >= 4 is 37.3 Å². The lowest BCUT2D eigenvalue weighted by Crippen LogP contribution is -2.06. The van der Waals surface area contributed by atoms with Crippen LogP contribution in [0.5, 0.6) is 23.0 Å². The van der Waals surface area contributed by atoms with E-state index in [0.717, 1.165) is 34.5 Å². The number of carbonyl (C=O) groups is 2.